The minimum atomic E-state index is -0.0120. The lowest BCUT2D eigenvalue weighted by Crippen LogP contribution is -2.24. The van der Waals surface area contributed by atoms with Gasteiger partial charge in [0.1, 0.15) is 5.75 Å². The number of ether oxygens (including phenoxy) is 1. The molecule has 1 aromatic heterocycles. The number of hydrogen-bond acceptors (Lipinski definition) is 3. The van der Waals surface area contributed by atoms with Crippen LogP contribution >= 0.6 is 0 Å². The van der Waals surface area contributed by atoms with Gasteiger partial charge < -0.3 is 19.9 Å². The number of aromatic amines is 1. The first-order valence-corrected chi connectivity index (χ1v) is 8.24. The zero-order valence-electron chi connectivity index (χ0n) is 14.8. The third-order valence-corrected chi connectivity index (χ3v) is 4.24. The van der Waals surface area contributed by atoms with Crippen LogP contribution in [-0.4, -0.2) is 32.1 Å². The lowest BCUT2D eigenvalue weighted by Gasteiger charge is -2.14. The quantitative estimate of drug-likeness (QED) is 0.727. The van der Waals surface area contributed by atoms with Gasteiger partial charge in [0.15, 0.2) is 0 Å². The minimum absolute atomic E-state index is 0.0120. The molecule has 1 heterocycles. The van der Waals surface area contributed by atoms with E-state index in [2.05, 4.69) is 16.4 Å². The lowest BCUT2D eigenvalue weighted by molar-refractivity contribution is -0.120. The molecule has 0 aliphatic rings. The number of nitrogens with one attached hydrogen (secondary N) is 2. The summed E-state index contributed by atoms with van der Waals surface area (Å²) in [7, 11) is 5.65. The summed E-state index contributed by atoms with van der Waals surface area (Å²) < 4.78 is 5.42. The molecule has 5 heteroatoms. The summed E-state index contributed by atoms with van der Waals surface area (Å²) in [4.78, 5) is 17.6. The Labute approximate surface area is 147 Å². The van der Waals surface area contributed by atoms with E-state index in [0.717, 1.165) is 33.5 Å². The van der Waals surface area contributed by atoms with Gasteiger partial charge in [0, 0.05) is 43.4 Å². The van der Waals surface area contributed by atoms with Crippen molar-refractivity contribution in [2.45, 2.75) is 13.0 Å². The molecule has 3 rings (SSSR count). The van der Waals surface area contributed by atoms with E-state index in [1.54, 1.807) is 7.11 Å². The van der Waals surface area contributed by atoms with Crippen molar-refractivity contribution in [1.29, 1.82) is 0 Å². The van der Waals surface area contributed by atoms with Crippen molar-refractivity contribution in [3.05, 3.63) is 59.8 Å². The van der Waals surface area contributed by atoms with Crippen molar-refractivity contribution < 1.29 is 9.53 Å². The molecular formula is C20H23N3O2. The molecule has 0 radical (unpaired) electrons. The zero-order valence-corrected chi connectivity index (χ0v) is 14.8. The molecule has 0 bridgehead atoms. The van der Waals surface area contributed by atoms with Crippen LogP contribution in [0.1, 0.15) is 11.1 Å². The van der Waals surface area contributed by atoms with E-state index in [4.69, 9.17) is 4.74 Å². The van der Waals surface area contributed by atoms with Gasteiger partial charge in [-0.2, -0.15) is 0 Å². The minimum Gasteiger partial charge on any atom is -0.496 e. The Kier molecular flexibility index (Phi) is 4.93. The maximum absolute atomic E-state index is 12.4. The van der Waals surface area contributed by atoms with Crippen LogP contribution in [0.3, 0.4) is 0 Å². The van der Waals surface area contributed by atoms with Crippen LogP contribution in [0.5, 0.6) is 5.75 Å². The number of amides is 1. The number of hydrogen-bond donors (Lipinski definition) is 2. The second kappa shape index (κ2) is 7.30. The predicted molar refractivity (Wildman–Crippen MR) is 101 cm³/mol. The van der Waals surface area contributed by atoms with Crippen LogP contribution in [0.4, 0.5) is 5.69 Å². The van der Waals surface area contributed by atoms with E-state index in [0.29, 0.717) is 13.0 Å². The van der Waals surface area contributed by atoms with Crippen LogP contribution in [-0.2, 0) is 17.8 Å². The van der Waals surface area contributed by atoms with Crippen molar-refractivity contribution in [3.63, 3.8) is 0 Å². The second-order valence-electron chi connectivity index (χ2n) is 6.21. The van der Waals surface area contributed by atoms with Gasteiger partial charge in [-0.3, -0.25) is 4.79 Å². The Morgan fingerprint density at radius 2 is 2.00 bits per heavy atom. The molecule has 0 unspecified atom stereocenters. The Bertz CT molecular complexity index is 884. The van der Waals surface area contributed by atoms with Gasteiger partial charge in [-0.05, 0) is 35.4 Å². The molecule has 0 fully saturated rings. The highest BCUT2D eigenvalue weighted by Gasteiger charge is 2.12. The fourth-order valence-corrected chi connectivity index (χ4v) is 2.91. The zero-order chi connectivity index (χ0) is 17.8. The third kappa shape index (κ3) is 3.76. The van der Waals surface area contributed by atoms with Gasteiger partial charge in [0.05, 0.1) is 13.5 Å². The number of benzene rings is 2. The lowest BCUT2D eigenvalue weighted by atomic mass is 10.1. The van der Waals surface area contributed by atoms with Gasteiger partial charge in [0.25, 0.3) is 0 Å². The maximum atomic E-state index is 12.4. The summed E-state index contributed by atoms with van der Waals surface area (Å²) in [5, 5.41) is 3.96. The molecule has 2 aromatic carbocycles. The first kappa shape index (κ1) is 16.9. The molecule has 25 heavy (non-hydrogen) atoms. The molecule has 5 nitrogen and oxygen atoms in total. The molecule has 0 aliphatic carbocycles. The highest BCUT2D eigenvalue weighted by Crippen LogP contribution is 2.28. The summed E-state index contributed by atoms with van der Waals surface area (Å²) in [6.07, 6.45) is 2.19. The highest BCUT2D eigenvalue weighted by molar-refractivity contribution is 5.93. The average molecular weight is 337 g/mol. The average Bonchev–Trinajstić information content (AvgIpc) is 3.03. The van der Waals surface area contributed by atoms with Crippen LogP contribution in [0.25, 0.3) is 10.9 Å². The Morgan fingerprint density at radius 3 is 2.76 bits per heavy atom. The normalized spacial score (nSPS) is 10.7. The van der Waals surface area contributed by atoms with Gasteiger partial charge in [-0.15, -0.1) is 0 Å². The monoisotopic (exact) mass is 337 g/mol. The highest BCUT2D eigenvalue weighted by atomic mass is 16.5. The molecular weight excluding hydrogens is 314 g/mol. The van der Waals surface area contributed by atoms with Crippen molar-refractivity contribution in [2.75, 3.05) is 26.1 Å². The number of methoxy groups -OCH3 is 1. The Balaban J connectivity index is 1.68. The third-order valence-electron chi connectivity index (χ3n) is 4.24. The number of carbonyl (C=O) groups is 1. The molecule has 0 saturated heterocycles. The smallest absolute Gasteiger partial charge is 0.224 e. The number of rotatable bonds is 6. The summed E-state index contributed by atoms with van der Waals surface area (Å²) in [5.74, 6) is 0.766. The van der Waals surface area contributed by atoms with Crippen LogP contribution in [0.15, 0.2) is 48.7 Å². The number of fused-ring (bicyclic) bond motifs is 1. The molecule has 2 N–H and O–H groups in total. The first-order valence-electron chi connectivity index (χ1n) is 8.24. The van der Waals surface area contributed by atoms with Gasteiger partial charge in [0.2, 0.25) is 5.91 Å². The predicted octanol–water partition coefficient (Wildman–Crippen LogP) is 3.10. The van der Waals surface area contributed by atoms with E-state index in [1.807, 2.05) is 61.6 Å². The van der Waals surface area contributed by atoms with Crippen molar-refractivity contribution in [3.8, 4) is 5.75 Å². The summed E-state index contributed by atoms with van der Waals surface area (Å²) in [6, 6.07) is 14.0. The van der Waals surface area contributed by atoms with E-state index >= 15 is 0 Å². The fraction of sp³-hybridized carbons (Fsp3) is 0.250. The van der Waals surface area contributed by atoms with Crippen molar-refractivity contribution in [2.24, 2.45) is 0 Å². The maximum Gasteiger partial charge on any atom is 0.224 e. The molecule has 130 valence electrons. The van der Waals surface area contributed by atoms with Gasteiger partial charge >= 0.3 is 0 Å². The molecule has 0 atom stereocenters. The van der Waals surface area contributed by atoms with Crippen LogP contribution < -0.4 is 15.0 Å². The first-order chi connectivity index (χ1) is 12.1. The summed E-state index contributed by atoms with van der Waals surface area (Å²) >= 11 is 0. The molecule has 0 aliphatic heterocycles. The number of nitrogens with zero attached hydrogens (tertiary/aromatic N) is 1. The Morgan fingerprint density at radius 1 is 1.20 bits per heavy atom. The fourth-order valence-electron chi connectivity index (χ4n) is 2.91. The van der Waals surface area contributed by atoms with Crippen molar-refractivity contribution >= 4 is 22.5 Å². The number of carbonyl (C=O) groups excluding carboxylic acids is 1. The molecule has 0 saturated carbocycles. The SMILES string of the molecule is COc1cccc2[nH]cc(CC(=O)NCc3cccc(N(C)C)c3)c12. The Hall–Kier alpha value is -2.95. The molecule has 0 spiro atoms. The second-order valence-corrected chi connectivity index (χ2v) is 6.21. The van der Waals surface area contributed by atoms with Crippen molar-refractivity contribution in [1.82, 2.24) is 10.3 Å². The molecule has 3 aromatic rings. The summed E-state index contributed by atoms with van der Waals surface area (Å²) in [6.45, 7) is 0.514. The van der Waals surface area contributed by atoms with Gasteiger partial charge in [-0.25, -0.2) is 0 Å². The van der Waals surface area contributed by atoms with E-state index in [-0.39, 0.29) is 5.91 Å². The van der Waals surface area contributed by atoms with Crippen LogP contribution in [0.2, 0.25) is 0 Å². The van der Waals surface area contributed by atoms with Crippen LogP contribution in [0, 0.1) is 0 Å². The van der Waals surface area contributed by atoms with E-state index in [1.165, 1.54) is 0 Å². The number of anilines is 1. The van der Waals surface area contributed by atoms with Gasteiger partial charge in [-0.1, -0.05) is 18.2 Å². The van der Waals surface area contributed by atoms with E-state index in [9.17, 15) is 4.79 Å². The molecule has 1 amide bonds. The largest absolute Gasteiger partial charge is 0.496 e. The summed E-state index contributed by atoms with van der Waals surface area (Å²) in [5.41, 5.74) is 4.11. The standard InChI is InChI=1S/C20H23N3O2/c1-23(2)16-7-4-6-14(10-16)12-22-19(24)11-15-13-21-17-8-5-9-18(25-3)20(15)17/h4-10,13,21H,11-12H2,1-3H3,(H,22,24). The topological polar surface area (TPSA) is 57.4 Å². The van der Waals surface area contributed by atoms with E-state index < -0.39 is 0 Å². The number of aromatic nitrogens is 1. The number of H-pyrrole nitrogens is 1.